The number of nitrogens with one attached hydrogen (secondary N) is 2. The third kappa shape index (κ3) is 4.02. The van der Waals surface area contributed by atoms with Gasteiger partial charge in [0.1, 0.15) is 17.8 Å². The molecular weight excluding hydrogens is 326 g/mol. The standard InChI is InChI=1S/C20H17N5O/c1-13-3-6-17(9-14(13)2)24-19-10-18(22-12-23-19)20(26)25-16-7-4-15(11-21)5-8-16/h3-10,12H,1-2H3,(H,25,26)(H,22,23,24). The third-order valence-corrected chi connectivity index (χ3v) is 3.95. The molecule has 2 N–H and O–H groups in total. The molecule has 6 nitrogen and oxygen atoms in total. The van der Waals surface area contributed by atoms with Crippen LogP contribution in [0.15, 0.2) is 54.9 Å². The largest absolute Gasteiger partial charge is 0.340 e. The van der Waals surface area contributed by atoms with E-state index in [-0.39, 0.29) is 11.6 Å². The summed E-state index contributed by atoms with van der Waals surface area (Å²) in [7, 11) is 0. The van der Waals surface area contributed by atoms with Gasteiger partial charge in [0, 0.05) is 17.4 Å². The second kappa shape index (κ2) is 7.45. The Kier molecular flexibility index (Phi) is 4.90. The van der Waals surface area contributed by atoms with Crippen LogP contribution in [0.5, 0.6) is 0 Å². The fraction of sp³-hybridized carbons (Fsp3) is 0.100. The molecule has 0 saturated heterocycles. The summed E-state index contributed by atoms with van der Waals surface area (Å²) in [5.41, 5.74) is 4.64. The van der Waals surface area contributed by atoms with Crippen molar-refractivity contribution in [3.05, 3.63) is 77.2 Å². The van der Waals surface area contributed by atoms with Crippen molar-refractivity contribution in [1.29, 1.82) is 5.26 Å². The summed E-state index contributed by atoms with van der Waals surface area (Å²) in [6.07, 6.45) is 1.34. The zero-order chi connectivity index (χ0) is 18.5. The van der Waals surface area contributed by atoms with E-state index in [1.54, 1.807) is 30.3 Å². The molecule has 3 rings (SSSR count). The van der Waals surface area contributed by atoms with Gasteiger partial charge < -0.3 is 10.6 Å². The van der Waals surface area contributed by atoms with Gasteiger partial charge in [-0.2, -0.15) is 5.26 Å². The van der Waals surface area contributed by atoms with Crippen LogP contribution in [0.25, 0.3) is 0 Å². The van der Waals surface area contributed by atoms with Crippen LogP contribution in [-0.4, -0.2) is 15.9 Å². The van der Waals surface area contributed by atoms with Gasteiger partial charge in [0.2, 0.25) is 0 Å². The first-order valence-corrected chi connectivity index (χ1v) is 8.03. The van der Waals surface area contributed by atoms with E-state index in [9.17, 15) is 4.79 Å². The highest BCUT2D eigenvalue weighted by Gasteiger charge is 2.10. The Bertz CT molecular complexity index is 990. The van der Waals surface area contributed by atoms with Crippen molar-refractivity contribution in [3.63, 3.8) is 0 Å². The van der Waals surface area contributed by atoms with E-state index in [2.05, 4.69) is 27.5 Å². The van der Waals surface area contributed by atoms with Crippen LogP contribution in [0.3, 0.4) is 0 Å². The van der Waals surface area contributed by atoms with Crippen molar-refractivity contribution >= 4 is 23.1 Å². The minimum absolute atomic E-state index is 0.246. The molecule has 1 heterocycles. The first-order valence-electron chi connectivity index (χ1n) is 8.03. The van der Waals surface area contributed by atoms with Gasteiger partial charge in [-0.25, -0.2) is 9.97 Å². The van der Waals surface area contributed by atoms with Crippen molar-refractivity contribution in [3.8, 4) is 6.07 Å². The average Bonchev–Trinajstić information content (AvgIpc) is 2.65. The third-order valence-electron chi connectivity index (χ3n) is 3.95. The van der Waals surface area contributed by atoms with Gasteiger partial charge in [-0.05, 0) is 61.4 Å². The van der Waals surface area contributed by atoms with E-state index in [0.717, 1.165) is 5.69 Å². The molecule has 0 aliphatic heterocycles. The van der Waals surface area contributed by atoms with Crippen LogP contribution >= 0.6 is 0 Å². The lowest BCUT2D eigenvalue weighted by molar-refractivity contribution is 0.102. The number of anilines is 3. The normalized spacial score (nSPS) is 10.0. The maximum Gasteiger partial charge on any atom is 0.274 e. The molecule has 1 amide bonds. The second-order valence-corrected chi connectivity index (χ2v) is 5.86. The first kappa shape index (κ1) is 17.1. The quantitative estimate of drug-likeness (QED) is 0.748. The maximum atomic E-state index is 12.4. The van der Waals surface area contributed by atoms with E-state index in [0.29, 0.717) is 17.1 Å². The Hall–Kier alpha value is -3.72. The lowest BCUT2D eigenvalue weighted by Gasteiger charge is -2.09. The molecule has 0 aliphatic rings. The highest BCUT2D eigenvalue weighted by atomic mass is 16.1. The Balaban J connectivity index is 1.74. The van der Waals surface area contributed by atoms with E-state index in [1.165, 1.54) is 17.5 Å². The topological polar surface area (TPSA) is 90.7 Å². The molecular formula is C20H17N5O. The smallest absolute Gasteiger partial charge is 0.274 e. The molecule has 0 fully saturated rings. The molecule has 0 atom stereocenters. The van der Waals surface area contributed by atoms with Gasteiger partial charge in [0.15, 0.2) is 0 Å². The number of aromatic nitrogens is 2. The van der Waals surface area contributed by atoms with Crippen LogP contribution in [0.2, 0.25) is 0 Å². The first-order chi connectivity index (χ1) is 12.5. The minimum Gasteiger partial charge on any atom is -0.340 e. The fourth-order valence-electron chi connectivity index (χ4n) is 2.34. The molecule has 128 valence electrons. The predicted octanol–water partition coefficient (Wildman–Crippen LogP) is 3.96. The number of rotatable bonds is 4. The number of nitrogens with zero attached hydrogens (tertiary/aromatic N) is 3. The predicted molar refractivity (Wildman–Crippen MR) is 100 cm³/mol. The van der Waals surface area contributed by atoms with Crippen molar-refractivity contribution < 1.29 is 4.79 Å². The molecule has 1 aromatic heterocycles. The van der Waals surface area contributed by atoms with Crippen molar-refractivity contribution in [2.75, 3.05) is 10.6 Å². The van der Waals surface area contributed by atoms with E-state index in [4.69, 9.17) is 5.26 Å². The zero-order valence-corrected chi connectivity index (χ0v) is 14.4. The highest BCUT2D eigenvalue weighted by molar-refractivity contribution is 6.03. The van der Waals surface area contributed by atoms with Gasteiger partial charge in [0.25, 0.3) is 5.91 Å². The van der Waals surface area contributed by atoms with E-state index in [1.807, 2.05) is 31.2 Å². The number of hydrogen-bond donors (Lipinski definition) is 2. The van der Waals surface area contributed by atoms with Crippen LogP contribution in [0, 0.1) is 25.2 Å². The SMILES string of the molecule is Cc1ccc(Nc2cc(C(=O)Nc3ccc(C#N)cc3)ncn2)cc1C. The molecule has 0 radical (unpaired) electrons. The Morgan fingerprint density at radius 1 is 0.962 bits per heavy atom. The molecule has 0 saturated carbocycles. The molecule has 26 heavy (non-hydrogen) atoms. The van der Waals surface area contributed by atoms with Gasteiger partial charge >= 0.3 is 0 Å². The Morgan fingerprint density at radius 2 is 1.69 bits per heavy atom. The second-order valence-electron chi connectivity index (χ2n) is 5.86. The average molecular weight is 343 g/mol. The number of carbonyl (C=O) groups excluding carboxylic acids is 1. The molecule has 2 aromatic carbocycles. The molecule has 0 spiro atoms. The summed E-state index contributed by atoms with van der Waals surface area (Å²) >= 11 is 0. The van der Waals surface area contributed by atoms with E-state index < -0.39 is 0 Å². The van der Waals surface area contributed by atoms with Crippen molar-refractivity contribution in [1.82, 2.24) is 9.97 Å². The molecule has 0 aliphatic carbocycles. The summed E-state index contributed by atoms with van der Waals surface area (Å²) in [4.78, 5) is 20.6. The lowest BCUT2D eigenvalue weighted by Crippen LogP contribution is -2.14. The van der Waals surface area contributed by atoms with Gasteiger partial charge in [0.05, 0.1) is 11.6 Å². The summed E-state index contributed by atoms with van der Waals surface area (Å²) in [5, 5.41) is 14.7. The molecule has 6 heteroatoms. The minimum atomic E-state index is -0.347. The Labute approximate surface area is 151 Å². The summed E-state index contributed by atoms with van der Waals surface area (Å²) in [6.45, 7) is 4.09. The number of aryl methyl sites for hydroxylation is 2. The number of hydrogen-bond acceptors (Lipinski definition) is 5. The monoisotopic (exact) mass is 343 g/mol. The number of benzene rings is 2. The number of nitriles is 1. The fourth-order valence-corrected chi connectivity index (χ4v) is 2.34. The molecule has 0 unspecified atom stereocenters. The van der Waals surface area contributed by atoms with Gasteiger partial charge in [-0.15, -0.1) is 0 Å². The van der Waals surface area contributed by atoms with Gasteiger partial charge in [-0.3, -0.25) is 4.79 Å². The highest BCUT2D eigenvalue weighted by Crippen LogP contribution is 2.19. The zero-order valence-electron chi connectivity index (χ0n) is 14.4. The van der Waals surface area contributed by atoms with Crippen LogP contribution in [-0.2, 0) is 0 Å². The van der Waals surface area contributed by atoms with Crippen molar-refractivity contribution in [2.24, 2.45) is 0 Å². The van der Waals surface area contributed by atoms with Gasteiger partial charge in [-0.1, -0.05) is 6.07 Å². The van der Waals surface area contributed by atoms with Crippen LogP contribution in [0.4, 0.5) is 17.2 Å². The summed E-state index contributed by atoms with van der Waals surface area (Å²) in [6, 6.07) is 16.3. The molecule has 0 bridgehead atoms. The lowest BCUT2D eigenvalue weighted by atomic mass is 10.1. The maximum absolute atomic E-state index is 12.4. The number of amides is 1. The van der Waals surface area contributed by atoms with Crippen LogP contribution in [0.1, 0.15) is 27.2 Å². The van der Waals surface area contributed by atoms with E-state index >= 15 is 0 Å². The van der Waals surface area contributed by atoms with Crippen LogP contribution < -0.4 is 10.6 Å². The molecule has 3 aromatic rings. The Morgan fingerprint density at radius 3 is 2.38 bits per heavy atom. The van der Waals surface area contributed by atoms with Crippen molar-refractivity contribution in [2.45, 2.75) is 13.8 Å². The summed E-state index contributed by atoms with van der Waals surface area (Å²) in [5.74, 6) is 0.188. The summed E-state index contributed by atoms with van der Waals surface area (Å²) < 4.78 is 0. The number of carbonyl (C=O) groups is 1.